The van der Waals surface area contributed by atoms with Crippen LogP contribution in [0, 0.1) is 5.82 Å². The van der Waals surface area contributed by atoms with Crippen LogP contribution in [-0.4, -0.2) is 60.8 Å². The zero-order valence-corrected chi connectivity index (χ0v) is 19.1. The Hall–Kier alpha value is -1.00. The van der Waals surface area contributed by atoms with Gasteiger partial charge in [-0.3, -0.25) is 9.88 Å². The lowest BCUT2D eigenvalue weighted by atomic mass is 9.80. The van der Waals surface area contributed by atoms with Gasteiger partial charge in [-0.1, -0.05) is 19.3 Å². The van der Waals surface area contributed by atoms with Gasteiger partial charge in [0.1, 0.15) is 5.82 Å². The number of aliphatic imine (C=N–C) groups is 1. The maximum absolute atomic E-state index is 13.8. The summed E-state index contributed by atoms with van der Waals surface area (Å²) in [5, 5.41) is 6.80. The first-order valence-corrected chi connectivity index (χ1v) is 10.2. The van der Waals surface area contributed by atoms with E-state index in [1.54, 1.807) is 12.3 Å². The SMILES string of the molecule is CCNC(=NCc1ncccc1F)NCC1(N2CCOCC2)CCCCC1.I. The molecule has 0 unspecified atom stereocenters. The molecule has 6 nitrogen and oxygen atoms in total. The molecule has 0 bridgehead atoms. The van der Waals surface area contributed by atoms with Crippen molar-refractivity contribution in [3.63, 3.8) is 0 Å². The van der Waals surface area contributed by atoms with Gasteiger partial charge in [-0.05, 0) is 31.9 Å². The molecule has 0 aromatic carbocycles. The van der Waals surface area contributed by atoms with Crippen LogP contribution in [0.3, 0.4) is 0 Å². The molecule has 1 saturated carbocycles. The lowest BCUT2D eigenvalue weighted by Gasteiger charge is -2.48. The van der Waals surface area contributed by atoms with Gasteiger partial charge in [-0.2, -0.15) is 0 Å². The van der Waals surface area contributed by atoms with E-state index in [-0.39, 0.29) is 41.9 Å². The zero-order valence-electron chi connectivity index (χ0n) is 16.8. The molecule has 3 rings (SSSR count). The first-order chi connectivity index (χ1) is 13.2. The van der Waals surface area contributed by atoms with E-state index in [1.807, 2.05) is 6.92 Å². The number of hydrogen-bond acceptors (Lipinski definition) is 4. The average Bonchev–Trinajstić information content (AvgIpc) is 2.72. The number of aromatic nitrogens is 1. The average molecular weight is 505 g/mol. The predicted molar refractivity (Wildman–Crippen MR) is 121 cm³/mol. The third-order valence-electron chi connectivity index (χ3n) is 5.62. The Labute approximate surface area is 184 Å². The zero-order chi connectivity index (χ0) is 19.0. The lowest BCUT2D eigenvalue weighted by Crippen LogP contribution is -2.60. The van der Waals surface area contributed by atoms with Gasteiger partial charge in [0.05, 0.1) is 25.5 Å². The highest BCUT2D eigenvalue weighted by Crippen LogP contribution is 2.33. The maximum Gasteiger partial charge on any atom is 0.191 e. The standard InChI is InChI=1S/C20H32FN5O.HI/c1-2-22-19(24-15-18-17(21)7-6-10-23-18)25-16-20(8-4-3-5-9-20)26-11-13-27-14-12-26;/h6-7,10H,2-5,8-9,11-16H2,1H3,(H2,22,24,25);1H. The fraction of sp³-hybridized carbons (Fsp3) is 0.700. The number of pyridine rings is 1. The molecule has 1 aromatic heterocycles. The quantitative estimate of drug-likeness (QED) is 0.354. The van der Waals surface area contributed by atoms with E-state index >= 15 is 0 Å². The summed E-state index contributed by atoms with van der Waals surface area (Å²) in [5.41, 5.74) is 0.532. The van der Waals surface area contributed by atoms with E-state index in [1.165, 1.54) is 38.2 Å². The summed E-state index contributed by atoms with van der Waals surface area (Å²) in [6, 6.07) is 3.02. The predicted octanol–water partition coefficient (Wildman–Crippen LogP) is 2.93. The topological polar surface area (TPSA) is 61.8 Å². The van der Waals surface area contributed by atoms with Gasteiger partial charge in [-0.25, -0.2) is 9.38 Å². The molecular weight excluding hydrogens is 472 g/mol. The molecule has 8 heteroatoms. The highest BCUT2D eigenvalue weighted by Gasteiger charge is 2.38. The minimum atomic E-state index is -0.311. The Balaban J connectivity index is 0.00000280. The lowest BCUT2D eigenvalue weighted by molar-refractivity contribution is -0.0352. The van der Waals surface area contributed by atoms with Crippen LogP contribution < -0.4 is 10.6 Å². The Bertz CT molecular complexity index is 618. The Morgan fingerprint density at radius 1 is 1.25 bits per heavy atom. The fourth-order valence-corrected chi connectivity index (χ4v) is 4.13. The largest absolute Gasteiger partial charge is 0.379 e. The highest BCUT2D eigenvalue weighted by atomic mass is 127. The molecule has 2 heterocycles. The van der Waals surface area contributed by atoms with Crippen molar-refractivity contribution in [2.45, 2.75) is 51.1 Å². The van der Waals surface area contributed by atoms with Crippen molar-refractivity contribution in [3.05, 3.63) is 29.8 Å². The molecule has 2 N–H and O–H groups in total. The van der Waals surface area contributed by atoms with E-state index in [2.05, 4.69) is 25.5 Å². The van der Waals surface area contributed by atoms with Crippen LogP contribution in [0.1, 0.15) is 44.7 Å². The van der Waals surface area contributed by atoms with E-state index in [0.717, 1.165) is 45.4 Å². The van der Waals surface area contributed by atoms with Crippen LogP contribution in [0.2, 0.25) is 0 Å². The van der Waals surface area contributed by atoms with Crippen LogP contribution in [0.25, 0.3) is 0 Å². The van der Waals surface area contributed by atoms with Gasteiger partial charge in [-0.15, -0.1) is 24.0 Å². The summed E-state index contributed by atoms with van der Waals surface area (Å²) < 4.78 is 19.4. The number of halogens is 2. The molecule has 2 aliphatic rings. The van der Waals surface area contributed by atoms with E-state index < -0.39 is 0 Å². The third-order valence-corrected chi connectivity index (χ3v) is 5.62. The van der Waals surface area contributed by atoms with Crippen LogP contribution in [0.15, 0.2) is 23.3 Å². The van der Waals surface area contributed by atoms with Crippen molar-refractivity contribution in [1.82, 2.24) is 20.5 Å². The van der Waals surface area contributed by atoms with Crippen molar-refractivity contribution < 1.29 is 9.13 Å². The smallest absolute Gasteiger partial charge is 0.191 e. The Morgan fingerprint density at radius 2 is 2.00 bits per heavy atom. The summed E-state index contributed by atoms with van der Waals surface area (Å²) >= 11 is 0. The summed E-state index contributed by atoms with van der Waals surface area (Å²) in [4.78, 5) is 11.2. The molecule has 0 radical (unpaired) electrons. The fourth-order valence-electron chi connectivity index (χ4n) is 4.13. The number of rotatable bonds is 6. The van der Waals surface area contributed by atoms with Crippen LogP contribution in [0.4, 0.5) is 4.39 Å². The van der Waals surface area contributed by atoms with Gasteiger partial charge in [0.15, 0.2) is 5.96 Å². The van der Waals surface area contributed by atoms with Crippen molar-refractivity contribution in [2.75, 3.05) is 39.4 Å². The normalized spacial score (nSPS) is 20.3. The molecule has 28 heavy (non-hydrogen) atoms. The van der Waals surface area contributed by atoms with Crippen LogP contribution in [0.5, 0.6) is 0 Å². The molecule has 1 saturated heterocycles. The third kappa shape index (κ3) is 6.25. The molecule has 1 aromatic rings. The minimum Gasteiger partial charge on any atom is -0.379 e. The van der Waals surface area contributed by atoms with Gasteiger partial charge in [0, 0.05) is 37.9 Å². The van der Waals surface area contributed by atoms with Crippen molar-refractivity contribution in [3.8, 4) is 0 Å². The van der Waals surface area contributed by atoms with Crippen LogP contribution in [-0.2, 0) is 11.3 Å². The first-order valence-electron chi connectivity index (χ1n) is 10.2. The second kappa shape index (κ2) is 11.9. The second-order valence-corrected chi connectivity index (χ2v) is 7.37. The molecule has 2 fully saturated rings. The molecule has 0 atom stereocenters. The molecular formula is C20H33FIN5O. The van der Waals surface area contributed by atoms with E-state index in [4.69, 9.17) is 4.74 Å². The first kappa shape index (κ1) is 23.3. The number of guanidine groups is 1. The molecule has 0 amide bonds. The van der Waals surface area contributed by atoms with Crippen LogP contribution >= 0.6 is 24.0 Å². The maximum atomic E-state index is 13.8. The molecule has 1 aliphatic heterocycles. The van der Waals surface area contributed by atoms with Gasteiger partial charge >= 0.3 is 0 Å². The highest BCUT2D eigenvalue weighted by molar-refractivity contribution is 14.0. The van der Waals surface area contributed by atoms with Crippen molar-refractivity contribution >= 4 is 29.9 Å². The number of hydrogen-bond donors (Lipinski definition) is 2. The molecule has 158 valence electrons. The number of nitrogens with zero attached hydrogens (tertiary/aromatic N) is 3. The second-order valence-electron chi connectivity index (χ2n) is 7.37. The van der Waals surface area contributed by atoms with Gasteiger partial charge in [0.2, 0.25) is 0 Å². The van der Waals surface area contributed by atoms with Gasteiger partial charge in [0.25, 0.3) is 0 Å². The van der Waals surface area contributed by atoms with E-state index in [9.17, 15) is 4.39 Å². The summed E-state index contributed by atoms with van der Waals surface area (Å²) in [6.45, 7) is 7.50. The monoisotopic (exact) mass is 505 g/mol. The molecule has 0 spiro atoms. The minimum absolute atomic E-state index is 0. The Morgan fingerprint density at radius 3 is 2.68 bits per heavy atom. The number of nitrogens with one attached hydrogen (secondary N) is 2. The van der Waals surface area contributed by atoms with Crippen molar-refractivity contribution in [1.29, 1.82) is 0 Å². The Kier molecular flexibility index (Phi) is 9.87. The van der Waals surface area contributed by atoms with Gasteiger partial charge < -0.3 is 15.4 Å². The number of morpholine rings is 1. The van der Waals surface area contributed by atoms with Crippen molar-refractivity contribution in [2.24, 2.45) is 4.99 Å². The number of ether oxygens (including phenoxy) is 1. The summed E-state index contributed by atoms with van der Waals surface area (Å²) in [7, 11) is 0. The van der Waals surface area contributed by atoms with E-state index in [0.29, 0.717) is 5.69 Å². The molecule has 1 aliphatic carbocycles. The summed E-state index contributed by atoms with van der Waals surface area (Å²) in [5.74, 6) is 0.412. The summed E-state index contributed by atoms with van der Waals surface area (Å²) in [6.07, 6.45) is 7.86.